The SMILES string of the molecule is c1ccc(-c2cccc3c2-c2cccc4cccc-3c24)cc1. The number of benzene rings is 4. The largest absolute Gasteiger partial charge is 0.0622 e. The second-order valence-electron chi connectivity index (χ2n) is 5.80. The molecule has 0 amide bonds. The van der Waals surface area contributed by atoms with Crippen LogP contribution in [0.1, 0.15) is 0 Å². The first-order valence-electron chi connectivity index (χ1n) is 7.64. The van der Waals surface area contributed by atoms with Gasteiger partial charge in [-0.25, -0.2) is 0 Å². The fourth-order valence-corrected chi connectivity index (χ4v) is 3.70. The molecular formula is C22H14. The first kappa shape index (κ1) is 11.8. The number of hydrogen-bond acceptors (Lipinski definition) is 0. The molecule has 0 fully saturated rings. The summed E-state index contributed by atoms with van der Waals surface area (Å²) in [5.41, 5.74) is 8.06. The summed E-state index contributed by atoms with van der Waals surface area (Å²) in [6.07, 6.45) is 0. The van der Waals surface area contributed by atoms with E-state index >= 15 is 0 Å². The van der Waals surface area contributed by atoms with E-state index in [2.05, 4.69) is 84.9 Å². The van der Waals surface area contributed by atoms with Crippen molar-refractivity contribution in [1.29, 1.82) is 0 Å². The molecule has 0 saturated carbocycles. The number of rotatable bonds is 1. The number of fused-ring (bicyclic) bond motifs is 3. The van der Waals surface area contributed by atoms with Gasteiger partial charge < -0.3 is 0 Å². The Balaban J connectivity index is 1.93. The second kappa shape index (κ2) is 4.32. The van der Waals surface area contributed by atoms with Gasteiger partial charge in [-0.05, 0) is 44.2 Å². The maximum absolute atomic E-state index is 2.25. The molecule has 22 heavy (non-hydrogen) atoms. The zero-order valence-electron chi connectivity index (χ0n) is 12.1. The molecule has 0 unspecified atom stereocenters. The molecule has 0 heterocycles. The van der Waals surface area contributed by atoms with Crippen LogP contribution in [0.5, 0.6) is 0 Å². The topological polar surface area (TPSA) is 0 Å². The highest BCUT2D eigenvalue weighted by Crippen LogP contribution is 2.50. The third kappa shape index (κ3) is 1.47. The van der Waals surface area contributed by atoms with Crippen molar-refractivity contribution in [3.05, 3.63) is 84.9 Å². The lowest BCUT2D eigenvalue weighted by atomic mass is 9.93. The van der Waals surface area contributed by atoms with E-state index in [-0.39, 0.29) is 0 Å². The minimum absolute atomic E-state index is 1.28. The summed E-state index contributed by atoms with van der Waals surface area (Å²) in [4.78, 5) is 0. The summed E-state index contributed by atoms with van der Waals surface area (Å²) in [6.45, 7) is 0. The summed E-state index contributed by atoms with van der Waals surface area (Å²) in [5.74, 6) is 0. The van der Waals surface area contributed by atoms with Crippen molar-refractivity contribution >= 4 is 10.8 Å². The standard InChI is InChI=1S/C22H14/c1-2-7-15(8-3-1)17-11-6-13-19-18-12-4-9-16-10-5-14-20(21(16)18)22(17)19/h1-14H. The molecular weight excluding hydrogens is 264 g/mol. The monoisotopic (exact) mass is 278 g/mol. The molecule has 0 nitrogen and oxygen atoms in total. The minimum atomic E-state index is 1.28. The Labute approximate surface area is 129 Å². The Hall–Kier alpha value is -2.86. The van der Waals surface area contributed by atoms with Crippen molar-refractivity contribution in [3.63, 3.8) is 0 Å². The van der Waals surface area contributed by atoms with Gasteiger partial charge in [0.05, 0.1) is 0 Å². The molecule has 0 bridgehead atoms. The van der Waals surface area contributed by atoms with Gasteiger partial charge in [0.2, 0.25) is 0 Å². The van der Waals surface area contributed by atoms with Gasteiger partial charge in [-0.15, -0.1) is 0 Å². The lowest BCUT2D eigenvalue weighted by Gasteiger charge is -2.10. The highest BCUT2D eigenvalue weighted by molar-refractivity contribution is 6.17. The van der Waals surface area contributed by atoms with E-state index < -0.39 is 0 Å². The van der Waals surface area contributed by atoms with Gasteiger partial charge in [0.25, 0.3) is 0 Å². The molecule has 0 radical (unpaired) electrons. The molecule has 0 aliphatic heterocycles. The van der Waals surface area contributed by atoms with Crippen LogP contribution in [0.25, 0.3) is 44.2 Å². The predicted octanol–water partition coefficient (Wildman–Crippen LogP) is 6.15. The summed E-state index contributed by atoms with van der Waals surface area (Å²) in [7, 11) is 0. The van der Waals surface area contributed by atoms with Gasteiger partial charge in [0.1, 0.15) is 0 Å². The van der Waals surface area contributed by atoms with Gasteiger partial charge in [0.15, 0.2) is 0 Å². The Morgan fingerprint density at radius 3 is 1.86 bits per heavy atom. The Morgan fingerprint density at radius 2 is 1.05 bits per heavy atom. The molecule has 0 saturated heterocycles. The molecule has 0 N–H and O–H groups in total. The molecule has 1 aliphatic carbocycles. The maximum atomic E-state index is 2.25. The van der Waals surface area contributed by atoms with Crippen molar-refractivity contribution in [2.45, 2.75) is 0 Å². The quantitative estimate of drug-likeness (QED) is 0.345. The Kier molecular flexibility index (Phi) is 2.31. The third-order valence-corrected chi connectivity index (χ3v) is 4.61. The highest BCUT2D eigenvalue weighted by atomic mass is 14.3. The molecule has 0 atom stereocenters. The van der Waals surface area contributed by atoms with Crippen molar-refractivity contribution in [2.75, 3.05) is 0 Å². The van der Waals surface area contributed by atoms with Gasteiger partial charge in [0, 0.05) is 0 Å². The van der Waals surface area contributed by atoms with Gasteiger partial charge in [-0.2, -0.15) is 0 Å². The minimum Gasteiger partial charge on any atom is -0.0622 e. The molecule has 1 aliphatic rings. The van der Waals surface area contributed by atoms with E-state index in [1.807, 2.05) is 0 Å². The van der Waals surface area contributed by atoms with Crippen LogP contribution in [-0.2, 0) is 0 Å². The lowest BCUT2D eigenvalue weighted by Crippen LogP contribution is -1.84. The van der Waals surface area contributed by atoms with Crippen LogP contribution in [0.4, 0.5) is 0 Å². The molecule has 0 aromatic heterocycles. The van der Waals surface area contributed by atoms with Crippen molar-refractivity contribution < 1.29 is 0 Å². The van der Waals surface area contributed by atoms with E-state index in [1.165, 1.54) is 44.2 Å². The van der Waals surface area contributed by atoms with Gasteiger partial charge in [-0.3, -0.25) is 0 Å². The molecule has 5 rings (SSSR count). The average molecular weight is 278 g/mol. The van der Waals surface area contributed by atoms with Crippen LogP contribution in [0.2, 0.25) is 0 Å². The van der Waals surface area contributed by atoms with Crippen molar-refractivity contribution in [2.24, 2.45) is 0 Å². The van der Waals surface area contributed by atoms with Crippen LogP contribution in [0, 0.1) is 0 Å². The van der Waals surface area contributed by atoms with Crippen LogP contribution >= 0.6 is 0 Å². The predicted molar refractivity (Wildman–Crippen MR) is 93.8 cm³/mol. The van der Waals surface area contributed by atoms with Crippen molar-refractivity contribution in [3.8, 4) is 33.4 Å². The summed E-state index contributed by atoms with van der Waals surface area (Å²) >= 11 is 0. The lowest BCUT2D eigenvalue weighted by molar-refractivity contribution is 1.62. The third-order valence-electron chi connectivity index (χ3n) is 4.61. The van der Waals surface area contributed by atoms with E-state index in [0.29, 0.717) is 0 Å². The molecule has 0 spiro atoms. The van der Waals surface area contributed by atoms with Crippen LogP contribution in [0.15, 0.2) is 84.9 Å². The molecule has 0 heteroatoms. The summed E-state index contributed by atoms with van der Waals surface area (Å²) in [6, 6.07) is 30.6. The molecule has 4 aromatic carbocycles. The van der Waals surface area contributed by atoms with E-state index in [0.717, 1.165) is 0 Å². The first-order valence-corrected chi connectivity index (χ1v) is 7.64. The smallest absolute Gasteiger partial charge is 0.00201 e. The highest BCUT2D eigenvalue weighted by Gasteiger charge is 2.23. The van der Waals surface area contributed by atoms with Crippen LogP contribution in [0.3, 0.4) is 0 Å². The van der Waals surface area contributed by atoms with E-state index in [1.54, 1.807) is 0 Å². The van der Waals surface area contributed by atoms with Crippen LogP contribution in [-0.4, -0.2) is 0 Å². The van der Waals surface area contributed by atoms with Crippen LogP contribution < -0.4 is 0 Å². The zero-order valence-corrected chi connectivity index (χ0v) is 12.1. The maximum Gasteiger partial charge on any atom is -0.00201 e. The normalized spacial score (nSPS) is 11.6. The Morgan fingerprint density at radius 1 is 0.409 bits per heavy atom. The van der Waals surface area contributed by atoms with E-state index in [4.69, 9.17) is 0 Å². The zero-order chi connectivity index (χ0) is 14.5. The summed E-state index contributed by atoms with van der Waals surface area (Å²) < 4.78 is 0. The second-order valence-corrected chi connectivity index (χ2v) is 5.80. The fraction of sp³-hybridized carbons (Fsp3) is 0. The molecule has 4 aromatic rings. The van der Waals surface area contributed by atoms with Gasteiger partial charge >= 0.3 is 0 Å². The fourth-order valence-electron chi connectivity index (χ4n) is 3.70. The molecule has 102 valence electrons. The Bertz CT molecular complexity index is 1010. The van der Waals surface area contributed by atoms with Gasteiger partial charge in [-0.1, -0.05) is 84.9 Å². The van der Waals surface area contributed by atoms with Crippen molar-refractivity contribution in [1.82, 2.24) is 0 Å². The number of hydrogen-bond donors (Lipinski definition) is 0. The average Bonchev–Trinajstić information content (AvgIpc) is 2.93. The summed E-state index contributed by atoms with van der Waals surface area (Å²) in [5, 5.41) is 2.72. The van der Waals surface area contributed by atoms with E-state index in [9.17, 15) is 0 Å². The first-order chi connectivity index (χ1) is 10.9.